The van der Waals surface area contributed by atoms with Gasteiger partial charge in [0.05, 0.1) is 13.2 Å². The van der Waals surface area contributed by atoms with Crippen LogP contribution in [0.2, 0.25) is 0 Å². The summed E-state index contributed by atoms with van der Waals surface area (Å²) in [5.74, 6) is 1.74. The average molecular weight is 527 g/mol. The molecule has 0 aliphatic heterocycles. The Morgan fingerprint density at radius 2 is 0.868 bits per heavy atom. The van der Waals surface area contributed by atoms with Gasteiger partial charge in [-0.2, -0.15) is 0 Å². The van der Waals surface area contributed by atoms with E-state index >= 15 is 0 Å². The van der Waals surface area contributed by atoms with Crippen molar-refractivity contribution >= 4 is 0 Å². The molecule has 0 spiro atoms. The van der Waals surface area contributed by atoms with Crippen LogP contribution in [0.1, 0.15) is 116 Å². The Hall–Kier alpha value is -2.04. The number of aliphatic hydroxyl groups is 2. The number of hydrogen-bond donors (Lipinski definition) is 2. The summed E-state index contributed by atoms with van der Waals surface area (Å²) >= 11 is 0. The predicted octanol–water partition coefficient (Wildman–Crippen LogP) is 9.12. The standard InChI is InChI=1S/C34H54O4/c35-27-18-11-7-3-1-5-9-13-20-29-37-33-26-22-25-32(31-23-16-15-17-24-31)34(33)38-30-21-14-10-6-2-4-8-12-19-28-36/h15-17,22-26,35-36H,1-14,18-21,27-30H2. The van der Waals surface area contributed by atoms with Gasteiger partial charge in [0.15, 0.2) is 11.5 Å². The normalized spacial score (nSPS) is 11.1. The molecule has 0 saturated heterocycles. The van der Waals surface area contributed by atoms with E-state index in [0.717, 1.165) is 74.4 Å². The summed E-state index contributed by atoms with van der Waals surface area (Å²) in [7, 11) is 0. The number of unbranched alkanes of at least 4 members (excludes halogenated alkanes) is 16. The Balaban J connectivity index is 1.73. The molecule has 0 fully saturated rings. The molecule has 0 aromatic heterocycles. The van der Waals surface area contributed by atoms with E-state index in [1.165, 1.54) is 77.0 Å². The lowest BCUT2D eigenvalue weighted by molar-refractivity contribution is 0.259. The highest BCUT2D eigenvalue weighted by Gasteiger charge is 2.13. The third kappa shape index (κ3) is 14.8. The van der Waals surface area contributed by atoms with Crippen LogP contribution in [0.3, 0.4) is 0 Å². The summed E-state index contributed by atoms with van der Waals surface area (Å²) in [6, 6.07) is 16.7. The molecule has 0 amide bonds. The molecule has 0 heterocycles. The Morgan fingerprint density at radius 3 is 1.37 bits per heavy atom. The molecule has 2 rings (SSSR count). The van der Waals surface area contributed by atoms with Crippen LogP contribution in [-0.4, -0.2) is 36.6 Å². The first kappa shape index (κ1) is 32.2. The highest BCUT2D eigenvalue weighted by Crippen LogP contribution is 2.38. The van der Waals surface area contributed by atoms with Crippen LogP contribution in [-0.2, 0) is 0 Å². The van der Waals surface area contributed by atoms with Crippen LogP contribution in [0.5, 0.6) is 11.5 Å². The summed E-state index contributed by atoms with van der Waals surface area (Å²) in [5, 5.41) is 17.7. The fourth-order valence-electron chi connectivity index (χ4n) is 4.88. The van der Waals surface area contributed by atoms with E-state index in [4.69, 9.17) is 19.7 Å². The Bertz CT molecular complexity index is 792. The first-order valence-corrected chi connectivity index (χ1v) is 15.5. The predicted molar refractivity (Wildman–Crippen MR) is 160 cm³/mol. The molecular formula is C34H54O4. The molecule has 0 bridgehead atoms. The fraction of sp³-hybridized carbons (Fsp3) is 0.647. The largest absolute Gasteiger partial charge is 0.490 e. The van der Waals surface area contributed by atoms with Gasteiger partial charge in [0.25, 0.3) is 0 Å². The van der Waals surface area contributed by atoms with Crippen molar-refractivity contribution in [3.63, 3.8) is 0 Å². The number of aliphatic hydroxyl groups excluding tert-OH is 2. The molecule has 2 N–H and O–H groups in total. The summed E-state index contributed by atoms with van der Waals surface area (Å²) < 4.78 is 12.6. The van der Waals surface area contributed by atoms with E-state index in [-0.39, 0.29) is 0 Å². The lowest BCUT2D eigenvalue weighted by Gasteiger charge is -2.17. The average Bonchev–Trinajstić information content (AvgIpc) is 2.95. The summed E-state index contributed by atoms with van der Waals surface area (Å²) in [6.07, 6.45) is 21.5. The zero-order valence-corrected chi connectivity index (χ0v) is 23.9. The van der Waals surface area contributed by atoms with E-state index in [9.17, 15) is 0 Å². The number of benzene rings is 2. The maximum absolute atomic E-state index is 8.86. The van der Waals surface area contributed by atoms with Gasteiger partial charge in [-0.15, -0.1) is 0 Å². The van der Waals surface area contributed by atoms with Gasteiger partial charge in [0.1, 0.15) is 0 Å². The molecule has 0 saturated carbocycles. The molecule has 0 unspecified atom stereocenters. The summed E-state index contributed by atoms with van der Waals surface area (Å²) in [4.78, 5) is 0. The van der Waals surface area contributed by atoms with E-state index < -0.39 is 0 Å². The topological polar surface area (TPSA) is 58.9 Å². The van der Waals surface area contributed by atoms with E-state index in [2.05, 4.69) is 36.4 Å². The molecular weight excluding hydrogens is 472 g/mol. The quantitative estimate of drug-likeness (QED) is 0.127. The molecule has 0 radical (unpaired) electrons. The third-order valence-corrected chi connectivity index (χ3v) is 7.17. The highest BCUT2D eigenvalue weighted by molar-refractivity contribution is 5.73. The van der Waals surface area contributed by atoms with E-state index in [0.29, 0.717) is 13.2 Å². The van der Waals surface area contributed by atoms with Gasteiger partial charge >= 0.3 is 0 Å². The molecule has 2 aromatic carbocycles. The molecule has 38 heavy (non-hydrogen) atoms. The molecule has 0 aliphatic carbocycles. The second kappa shape index (κ2) is 22.9. The smallest absolute Gasteiger partial charge is 0.168 e. The van der Waals surface area contributed by atoms with Gasteiger partial charge < -0.3 is 19.7 Å². The van der Waals surface area contributed by atoms with Crippen LogP contribution >= 0.6 is 0 Å². The van der Waals surface area contributed by atoms with Crippen LogP contribution in [0.4, 0.5) is 0 Å². The van der Waals surface area contributed by atoms with Gasteiger partial charge in [-0.1, -0.05) is 132 Å². The maximum Gasteiger partial charge on any atom is 0.168 e. The highest BCUT2D eigenvalue weighted by atomic mass is 16.5. The minimum Gasteiger partial charge on any atom is -0.490 e. The Kier molecular flexibility index (Phi) is 19.4. The van der Waals surface area contributed by atoms with Crippen molar-refractivity contribution in [3.8, 4) is 22.6 Å². The van der Waals surface area contributed by atoms with Gasteiger partial charge in [-0.25, -0.2) is 0 Å². The van der Waals surface area contributed by atoms with Crippen molar-refractivity contribution in [2.45, 2.75) is 116 Å². The summed E-state index contributed by atoms with van der Waals surface area (Å²) in [6.45, 7) is 2.10. The van der Waals surface area contributed by atoms with Crippen LogP contribution in [0.15, 0.2) is 48.5 Å². The van der Waals surface area contributed by atoms with Gasteiger partial charge in [0, 0.05) is 18.8 Å². The van der Waals surface area contributed by atoms with Crippen molar-refractivity contribution in [1.29, 1.82) is 0 Å². The first-order valence-electron chi connectivity index (χ1n) is 15.5. The van der Waals surface area contributed by atoms with Crippen LogP contribution in [0, 0.1) is 0 Å². The number of para-hydroxylation sites is 1. The first-order chi connectivity index (χ1) is 18.9. The van der Waals surface area contributed by atoms with Crippen molar-refractivity contribution in [1.82, 2.24) is 0 Å². The van der Waals surface area contributed by atoms with E-state index in [1.54, 1.807) is 0 Å². The van der Waals surface area contributed by atoms with E-state index in [1.807, 2.05) is 12.1 Å². The van der Waals surface area contributed by atoms with Gasteiger partial charge in [-0.3, -0.25) is 0 Å². The van der Waals surface area contributed by atoms with Crippen molar-refractivity contribution in [3.05, 3.63) is 48.5 Å². The fourth-order valence-corrected chi connectivity index (χ4v) is 4.88. The second-order valence-corrected chi connectivity index (χ2v) is 10.5. The lowest BCUT2D eigenvalue weighted by Crippen LogP contribution is -2.04. The van der Waals surface area contributed by atoms with Crippen LogP contribution < -0.4 is 9.47 Å². The number of rotatable bonds is 25. The molecule has 4 nitrogen and oxygen atoms in total. The Morgan fingerprint density at radius 1 is 0.421 bits per heavy atom. The zero-order valence-electron chi connectivity index (χ0n) is 23.9. The minimum atomic E-state index is 0.327. The summed E-state index contributed by atoms with van der Waals surface area (Å²) in [5.41, 5.74) is 2.26. The second-order valence-electron chi connectivity index (χ2n) is 10.5. The number of ether oxygens (including phenoxy) is 2. The van der Waals surface area contributed by atoms with Gasteiger partial charge in [-0.05, 0) is 37.3 Å². The van der Waals surface area contributed by atoms with Crippen molar-refractivity contribution < 1.29 is 19.7 Å². The van der Waals surface area contributed by atoms with Crippen molar-refractivity contribution in [2.75, 3.05) is 26.4 Å². The number of hydrogen-bond acceptors (Lipinski definition) is 4. The molecule has 0 aliphatic rings. The minimum absolute atomic E-state index is 0.327. The molecule has 214 valence electrons. The van der Waals surface area contributed by atoms with Crippen molar-refractivity contribution in [2.24, 2.45) is 0 Å². The maximum atomic E-state index is 8.86. The monoisotopic (exact) mass is 526 g/mol. The molecule has 2 aromatic rings. The molecule has 0 atom stereocenters. The van der Waals surface area contributed by atoms with Crippen LogP contribution in [0.25, 0.3) is 11.1 Å². The lowest BCUT2D eigenvalue weighted by atomic mass is 10.0. The third-order valence-electron chi connectivity index (χ3n) is 7.17. The zero-order chi connectivity index (χ0) is 26.9. The van der Waals surface area contributed by atoms with Gasteiger partial charge in [0.2, 0.25) is 0 Å². The SMILES string of the molecule is OCCCCCCCCCCCOc1cccc(-c2ccccc2)c1OCCCCCCCCCCCO. The molecule has 4 heteroatoms. The Labute approximate surface area is 232 Å².